The van der Waals surface area contributed by atoms with Crippen molar-refractivity contribution in [2.45, 2.75) is 24.8 Å². The molecule has 4 nitrogen and oxygen atoms in total. The van der Waals surface area contributed by atoms with Crippen LogP contribution in [-0.4, -0.2) is 41.7 Å². The van der Waals surface area contributed by atoms with Crippen molar-refractivity contribution < 1.29 is 9.90 Å². The highest BCUT2D eigenvalue weighted by atomic mass is 35.5. The smallest absolute Gasteiger partial charge is 0.329 e. The Morgan fingerprint density at radius 1 is 1.32 bits per heavy atom. The average Bonchev–Trinajstić information content (AvgIpc) is 2.56. The van der Waals surface area contributed by atoms with E-state index < -0.39 is 11.5 Å². The zero-order chi connectivity index (χ0) is 13.9. The summed E-state index contributed by atoms with van der Waals surface area (Å²) in [6.45, 7) is 1.73. The first-order valence-electron chi connectivity index (χ1n) is 6.47. The maximum atomic E-state index is 11.7. The van der Waals surface area contributed by atoms with Gasteiger partial charge in [-0.1, -0.05) is 11.6 Å². The first kappa shape index (κ1) is 14.2. The molecule has 19 heavy (non-hydrogen) atoms. The maximum Gasteiger partial charge on any atom is 0.329 e. The van der Waals surface area contributed by atoms with Crippen molar-refractivity contribution in [3.05, 3.63) is 29.3 Å². The van der Waals surface area contributed by atoms with Gasteiger partial charge in [-0.05, 0) is 57.1 Å². The second-order valence-corrected chi connectivity index (χ2v) is 5.61. The van der Waals surface area contributed by atoms with E-state index in [1.54, 1.807) is 12.1 Å². The number of halogens is 1. The first-order chi connectivity index (χ1) is 9.02. The maximum absolute atomic E-state index is 11.7. The Labute approximate surface area is 118 Å². The Morgan fingerprint density at radius 2 is 2.00 bits per heavy atom. The van der Waals surface area contributed by atoms with Gasteiger partial charge in [-0.15, -0.1) is 0 Å². The van der Waals surface area contributed by atoms with Gasteiger partial charge in [-0.3, -0.25) is 0 Å². The van der Waals surface area contributed by atoms with Crippen molar-refractivity contribution in [2.75, 3.05) is 25.5 Å². The quantitative estimate of drug-likeness (QED) is 0.895. The van der Waals surface area contributed by atoms with Gasteiger partial charge in [0, 0.05) is 17.3 Å². The Morgan fingerprint density at radius 3 is 2.63 bits per heavy atom. The van der Waals surface area contributed by atoms with E-state index >= 15 is 0 Å². The molecule has 0 spiro atoms. The fourth-order valence-electron chi connectivity index (χ4n) is 2.47. The zero-order valence-corrected chi connectivity index (χ0v) is 11.8. The van der Waals surface area contributed by atoms with Crippen LogP contribution in [0.15, 0.2) is 24.3 Å². The molecule has 1 fully saturated rings. The number of carbonyl (C=O) groups is 1. The molecule has 5 heteroatoms. The molecule has 0 amide bonds. The lowest BCUT2D eigenvalue weighted by Gasteiger charge is -2.30. The minimum Gasteiger partial charge on any atom is -0.480 e. The summed E-state index contributed by atoms with van der Waals surface area (Å²) in [5, 5.41) is 13.5. The van der Waals surface area contributed by atoms with Crippen LogP contribution in [0, 0.1) is 0 Å². The summed E-state index contributed by atoms with van der Waals surface area (Å²) < 4.78 is 0. The summed E-state index contributed by atoms with van der Waals surface area (Å²) in [5.74, 6) is -0.780. The van der Waals surface area contributed by atoms with Crippen LogP contribution >= 0.6 is 11.6 Å². The molecule has 1 saturated heterocycles. The second-order valence-electron chi connectivity index (χ2n) is 5.18. The molecule has 0 radical (unpaired) electrons. The summed E-state index contributed by atoms with van der Waals surface area (Å²) in [5.41, 5.74) is -0.0742. The Balaban J connectivity index is 2.19. The van der Waals surface area contributed by atoms with E-state index in [-0.39, 0.29) is 0 Å². The second kappa shape index (κ2) is 5.80. The van der Waals surface area contributed by atoms with Crippen LogP contribution in [0.1, 0.15) is 19.3 Å². The predicted octanol–water partition coefficient (Wildman–Crippen LogP) is 2.69. The topological polar surface area (TPSA) is 52.6 Å². The summed E-state index contributed by atoms with van der Waals surface area (Å²) in [4.78, 5) is 13.9. The molecule has 1 atom stereocenters. The van der Waals surface area contributed by atoms with Crippen LogP contribution in [0.4, 0.5) is 5.69 Å². The molecule has 1 unspecified atom stereocenters. The third-order valence-electron chi connectivity index (χ3n) is 3.70. The molecule has 1 heterocycles. The van der Waals surface area contributed by atoms with E-state index in [1.807, 2.05) is 19.2 Å². The molecular weight excluding hydrogens is 264 g/mol. The van der Waals surface area contributed by atoms with E-state index in [4.69, 9.17) is 11.6 Å². The van der Waals surface area contributed by atoms with Crippen molar-refractivity contribution >= 4 is 23.3 Å². The standard InChI is InChI=1S/C14H19ClN2O2/c1-17-9-2-7-14(8-10-17,13(18)19)16-12-5-3-11(15)4-6-12/h3-6,16H,2,7-10H2,1H3,(H,18,19). The highest BCUT2D eigenvalue weighted by Crippen LogP contribution is 2.28. The van der Waals surface area contributed by atoms with Gasteiger partial charge in [-0.2, -0.15) is 0 Å². The lowest BCUT2D eigenvalue weighted by Crippen LogP contribution is -2.47. The van der Waals surface area contributed by atoms with Crippen LogP contribution in [0.25, 0.3) is 0 Å². The number of hydrogen-bond acceptors (Lipinski definition) is 3. The Bertz CT molecular complexity index is 449. The Kier molecular flexibility index (Phi) is 4.32. The first-order valence-corrected chi connectivity index (χ1v) is 6.85. The summed E-state index contributed by atoms with van der Waals surface area (Å²) in [6, 6.07) is 7.17. The number of nitrogens with one attached hydrogen (secondary N) is 1. The van der Waals surface area contributed by atoms with Crippen LogP contribution in [0.2, 0.25) is 5.02 Å². The lowest BCUT2D eigenvalue weighted by atomic mass is 9.90. The molecule has 2 rings (SSSR count). The fourth-order valence-corrected chi connectivity index (χ4v) is 2.60. The van der Waals surface area contributed by atoms with Crippen LogP contribution in [0.3, 0.4) is 0 Å². The molecule has 0 bridgehead atoms. The average molecular weight is 283 g/mol. The molecule has 1 aromatic carbocycles. The third kappa shape index (κ3) is 3.39. The third-order valence-corrected chi connectivity index (χ3v) is 3.95. The molecule has 104 valence electrons. The minimum atomic E-state index is -0.876. The molecule has 0 saturated carbocycles. The van der Waals surface area contributed by atoms with Gasteiger partial charge in [0.1, 0.15) is 5.54 Å². The number of anilines is 1. The monoisotopic (exact) mass is 282 g/mol. The van der Waals surface area contributed by atoms with Crippen LogP contribution in [0.5, 0.6) is 0 Å². The zero-order valence-electron chi connectivity index (χ0n) is 11.0. The van der Waals surface area contributed by atoms with Crippen LogP contribution in [-0.2, 0) is 4.79 Å². The number of rotatable bonds is 3. The highest BCUT2D eigenvalue weighted by Gasteiger charge is 2.39. The van der Waals surface area contributed by atoms with Crippen molar-refractivity contribution in [3.63, 3.8) is 0 Å². The summed E-state index contributed by atoms with van der Waals surface area (Å²) >= 11 is 5.85. The van der Waals surface area contributed by atoms with Gasteiger partial charge in [0.25, 0.3) is 0 Å². The Hall–Kier alpha value is -1.26. The normalized spacial score (nSPS) is 24.7. The van der Waals surface area contributed by atoms with E-state index in [0.29, 0.717) is 17.9 Å². The van der Waals surface area contributed by atoms with Gasteiger partial charge in [0.15, 0.2) is 0 Å². The number of likely N-dealkylation sites (tertiary alicyclic amines) is 1. The summed E-state index contributed by atoms with van der Waals surface area (Å²) in [7, 11) is 2.03. The van der Waals surface area contributed by atoms with Crippen molar-refractivity contribution in [1.82, 2.24) is 4.90 Å². The molecule has 1 aliphatic rings. The molecule has 1 aromatic rings. The number of benzene rings is 1. The van der Waals surface area contributed by atoms with Gasteiger partial charge >= 0.3 is 5.97 Å². The number of hydrogen-bond donors (Lipinski definition) is 2. The highest BCUT2D eigenvalue weighted by molar-refractivity contribution is 6.30. The summed E-state index contributed by atoms with van der Waals surface area (Å²) in [6.07, 6.45) is 2.11. The van der Waals surface area contributed by atoms with E-state index in [0.717, 1.165) is 25.2 Å². The van der Waals surface area contributed by atoms with Crippen molar-refractivity contribution in [1.29, 1.82) is 0 Å². The fraction of sp³-hybridized carbons (Fsp3) is 0.500. The lowest BCUT2D eigenvalue weighted by molar-refractivity contribution is -0.142. The number of aliphatic carboxylic acids is 1. The number of carboxylic acids is 1. The molecule has 0 aromatic heterocycles. The minimum absolute atomic E-state index is 0.599. The predicted molar refractivity (Wildman–Crippen MR) is 76.8 cm³/mol. The molecule has 0 aliphatic carbocycles. The van der Waals surface area contributed by atoms with E-state index in [1.165, 1.54) is 0 Å². The van der Waals surface area contributed by atoms with Gasteiger partial charge in [-0.25, -0.2) is 4.79 Å². The molecule has 1 aliphatic heterocycles. The van der Waals surface area contributed by atoms with E-state index in [2.05, 4.69) is 10.2 Å². The van der Waals surface area contributed by atoms with E-state index in [9.17, 15) is 9.90 Å². The molecule has 2 N–H and O–H groups in total. The van der Waals surface area contributed by atoms with Gasteiger partial charge in [0.05, 0.1) is 0 Å². The van der Waals surface area contributed by atoms with Crippen molar-refractivity contribution in [2.24, 2.45) is 0 Å². The molecular formula is C14H19ClN2O2. The van der Waals surface area contributed by atoms with Crippen LogP contribution < -0.4 is 5.32 Å². The van der Waals surface area contributed by atoms with Gasteiger partial charge < -0.3 is 15.3 Å². The largest absolute Gasteiger partial charge is 0.480 e. The van der Waals surface area contributed by atoms with Gasteiger partial charge in [0.2, 0.25) is 0 Å². The number of nitrogens with zero attached hydrogens (tertiary/aromatic N) is 1. The van der Waals surface area contributed by atoms with Crippen molar-refractivity contribution in [3.8, 4) is 0 Å². The SMILES string of the molecule is CN1CCCC(Nc2ccc(Cl)cc2)(C(=O)O)CC1. The number of carboxylic acid groups (broad SMARTS) is 1.